The average molecular weight is 235 g/mol. The van der Waals surface area contributed by atoms with Crippen LogP contribution in [0.25, 0.3) is 0 Å². The zero-order chi connectivity index (χ0) is 11.4. The smallest absolute Gasteiger partial charge is 0.269 e. The molecule has 2 N–H and O–H groups in total. The molecule has 1 fully saturated rings. The monoisotopic (exact) mass is 235 g/mol. The van der Waals surface area contributed by atoms with E-state index in [1.54, 1.807) is 0 Å². The van der Waals surface area contributed by atoms with Gasteiger partial charge in [-0.15, -0.1) is 0 Å². The summed E-state index contributed by atoms with van der Waals surface area (Å²) in [4.78, 5) is 0. The Morgan fingerprint density at radius 2 is 1.87 bits per heavy atom. The molecule has 1 saturated carbocycles. The van der Waals surface area contributed by atoms with Crippen molar-refractivity contribution in [1.29, 1.82) is 0 Å². The summed E-state index contributed by atoms with van der Waals surface area (Å²) in [6.07, 6.45) is 5.83. The lowest BCUT2D eigenvalue weighted by atomic mass is 9.93. The zero-order valence-corrected chi connectivity index (χ0v) is 10.2. The summed E-state index contributed by atoms with van der Waals surface area (Å²) in [5.41, 5.74) is 4.99. The van der Waals surface area contributed by atoms with Crippen LogP contribution in [0.3, 0.4) is 0 Å². The van der Waals surface area contributed by atoms with Gasteiger partial charge in [-0.3, -0.25) is 0 Å². The molecule has 0 aliphatic heterocycles. The van der Waals surface area contributed by atoms with Crippen LogP contribution in [0.15, 0.2) is 0 Å². The number of unbranched alkanes of at least 4 members (excludes halogenated alkanes) is 1. The largest absolute Gasteiger partial charge is 0.302 e. The first-order valence-electron chi connectivity index (χ1n) is 5.70. The van der Waals surface area contributed by atoms with Gasteiger partial charge in [0.15, 0.2) is 0 Å². The van der Waals surface area contributed by atoms with Crippen molar-refractivity contribution in [2.24, 2.45) is 5.73 Å². The Morgan fingerprint density at radius 1 is 1.27 bits per heavy atom. The Kier molecular flexibility index (Phi) is 4.55. The van der Waals surface area contributed by atoms with E-state index >= 15 is 0 Å². The predicted molar refractivity (Wildman–Crippen MR) is 59.8 cm³/mol. The van der Waals surface area contributed by atoms with Gasteiger partial charge >= 0.3 is 0 Å². The quantitative estimate of drug-likeness (QED) is 0.582. The minimum atomic E-state index is -3.43. The van der Waals surface area contributed by atoms with E-state index in [-0.39, 0.29) is 5.75 Å². The van der Waals surface area contributed by atoms with Crippen LogP contribution < -0.4 is 5.73 Å². The van der Waals surface area contributed by atoms with Crippen molar-refractivity contribution >= 4 is 10.1 Å². The molecule has 0 spiro atoms. The normalized spacial score (nSPS) is 21.5. The van der Waals surface area contributed by atoms with Gasteiger partial charge in [0.1, 0.15) is 5.72 Å². The molecule has 0 aromatic carbocycles. The maximum Gasteiger partial charge on any atom is 0.269 e. The number of nitrogens with two attached hydrogens (primary N) is 1. The highest BCUT2D eigenvalue weighted by Gasteiger charge is 2.33. The van der Waals surface area contributed by atoms with E-state index in [0.29, 0.717) is 19.3 Å². The Labute approximate surface area is 92.3 Å². The summed E-state index contributed by atoms with van der Waals surface area (Å²) >= 11 is 0. The van der Waals surface area contributed by atoms with Crippen molar-refractivity contribution in [1.82, 2.24) is 0 Å². The van der Waals surface area contributed by atoms with Crippen LogP contribution >= 0.6 is 0 Å². The maximum atomic E-state index is 11.6. The standard InChI is InChI=1S/C10H21NO3S/c1-2-3-9-15(12,13)14-10(11)7-5-4-6-8-10/h2-9,11H2,1H3. The van der Waals surface area contributed by atoms with Crippen molar-refractivity contribution in [2.75, 3.05) is 5.75 Å². The molecule has 0 saturated heterocycles. The van der Waals surface area contributed by atoms with Crippen molar-refractivity contribution in [2.45, 2.75) is 57.6 Å². The molecule has 0 radical (unpaired) electrons. The minimum absolute atomic E-state index is 0.0858. The van der Waals surface area contributed by atoms with E-state index in [1.165, 1.54) is 0 Å². The lowest BCUT2D eigenvalue weighted by Gasteiger charge is -2.32. The second kappa shape index (κ2) is 5.27. The zero-order valence-electron chi connectivity index (χ0n) is 9.37. The second-order valence-electron chi connectivity index (χ2n) is 4.32. The summed E-state index contributed by atoms with van der Waals surface area (Å²) < 4.78 is 28.2. The van der Waals surface area contributed by atoms with E-state index in [2.05, 4.69) is 0 Å². The third-order valence-electron chi connectivity index (χ3n) is 2.74. The fourth-order valence-electron chi connectivity index (χ4n) is 1.85. The minimum Gasteiger partial charge on any atom is -0.302 e. The Balaban J connectivity index is 2.51. The topological polar surface area (TPSA) is 69.4 Å². The molecule has 4 nitrogen and oxygen atoms in total. The lowest BCUT2D eigenvalue weighted by Crippen LogP contribution is -2.46. The van der Waals surface area contributed by atoms with Gasteiger partial charge in [0.25, 0.3) is 10.1 Å². The molecule has 90 valence electrons. The highest BCUT2D eigenvalue weighted by Crippen LogP contribution is 2.28. The van der Waals surface area contributed by atoms with Crippen molar-refractivity contribution < 1.29 is 12.6 Å². The van der Waals surface area contributed by atoms with Gasteiger partial charge < -0.3 is 5.73 Å². The molecular formula is C10H21NO3S. The fourth-order valence-corrected chi connectivity index (χ4v) is 3.25. The van der Waals surface area contributed by atoms with E-state index in [0.717, 1.165) is 25.7 Å². The maximum absolute atomic E-state index is 11.6. The van der Waals surface area contributed by atoms with Crippen molar-refractivity contribution in [3.05, 3.63) is 0 Å². The van der Waals surface area contributed by atoms with Crippen LogP contribution in [0.1, 0.15) is 51.9 Å². The van der Waals surface area contributed by atoms with Gasteiger partial charge in [0.05, 0.1) is 5.75 Å². The predicted octanol–water partition coefficient (Wildman–Crippen LogP) is 1.75. The van der Waals surface area contributed by atoms with Gasteiger partial charge in [-0.25, -0.2) is 4.18 Å². The number of hydrogen-bond donors (Lipinski definition) is 1. The molecule has 0 heterocycles. The first kappa shape index (κ1) is 12.9. The summed E-state index contributed by atoms with van der Waals surface area (Å²) in [6, 6.07) is 0. The van der Waals surface area contributed by atoms with Crippen LogP contribution in [0, 0.1) is 0 Å². The average Bonchev–Trinajstić information content (AvgIpc) is 2.14. The van der Waals surface area contributed by atoms with Crippen LogP contribution in [0.5, 0.6) is 0 Å². The third-order valence-corrected chi connectivity index (χ3v) is 4.12. The van der Waals surface area contributed by atoms with E-state index in [9.17, 15) is 8.42 Å². The molecule has 0 unspecified atom stereocenters. The van der Waals surface area contributed by atoms with Gasteiger partial charge in [-0.1, -0.05) is 19.8 Å². The summed E-state index contributed by atoms with van der Waals surface area (Å²) in [6.45, 7) is 1.95. The first-order chi connectivity index (χ1) is 6.97. The SMILES string of the molecule is CCCCS(=O)(=O)OC1(N)CCCCC1. The highest BCUT2D eigenvalue weighted by atomic mass is 32.2. The Hall–Kier alpha value is -0.130. The highest BCUT2D eigenvalue weighted by molar-refractivity contribution is 7.86. The summed E-state index contributed by atoms with van der Waals surface area (Å²) in [5.74, 6) is 0.0858. The summed E-state index contributed by atoms with van der Waals surface area (Å²) in [7, 11) is -3.43. The van der Waals surface area contributed by atoms with Crippen LogP contribution in [-0.4, -0.2) is 19.9 Å². The van der Waals surface area contributed by atoms with Crippen LogP contribution in [0.4, 0.5) is 0 Å². The van der Waals surface area contributed by atoms with Crippen LogP contribution in [0.2, 0.25) is 0 Å². The third kappa shape index (κ3) is 4.49. The Bertz CT molecular complexity index is 281. The molecule has 5 heteroatoms. The Morgan fingerprint density at radius 3 is 2.40 bits per heavy atom. The number of hydrogen-bond acceptors (Lipinski definition) is 4. The van der Waals surface area contributed by atoms with Crippen molar-refractivity contribution in [3.63, 3.8) is 0 Å². The molecule has 0 aromatic heterocycles. The van der Waals surface area contributed by atoms with Gasteiger partial charge in [0, 0.05) is 0 Å². The molecule has 15 heavy (non-hydrogen) atoms. The first-order valence-corrected chi connectivity index (χ1v) is 7.27. The van der Waals surface area contributed by atoms with Crippen LogP contribution in [-0.2, 0) is 14.3 Å². The van der Waals surface area contributed by atoms with Gasteiger partial charge in [-0.2, -0.15) is 8.42 Å². The molecule has 1 aliphatic rings. The van der Waals surface area contributed by atoms with Gasteiger partial charge in [0.2, 0.25) is 0 Å². The second-order valence-corrected chi connectivity index (χ2v) is 6.01. The molecule has 0 amide bonds. The summed E-state index contributed by atoms with van der Waals surface area (Å²) in [5, 5.41) is 0. The fraction of sp³-hybridized carbons (Fsp3) is 1.00. The molecule has 1 aliphatic carbocycles. The van der Waals surface area contributed by atoms with Crippen molar-refractivity contribution in [3.8, 4) is 0 Å². The van der Waals surface area contributed by atoms with E-state index < -0.39 is 15.8 Å². The lowest BCUT2D eigenvalue weighted by molar-refractivity contribution is 0.0435. The number of rotatable bonds is 5. The van der Waals surface area contributed by atoms with E-state index in [1.807, 2.05) is 6.92 Å². The molecule has 0 atom stereocenters. The molecule has 0 bridgehead atoms. The van der Waals surface area contributed by atoms with E-state index in [4.69, 9.17) is 9.92 Å². The molecule has 0 aromatic rings. The molecular weight excluding hydrogens is 214 g/mol. The molecule has 1 rings (SSSR count). The van der Waals surface area contributed by atoms with Gasteiger partial charge in [-0.05, 0) is 32.1 Å².